The standard InChI is InChI=1S/C17H19N3O/c1-12-7-9-15(10-8-12)11-18-20-17(21)19-16-13(2)5-4-6-14(16)3/h4-11H,1-3H3,(H2,19,20,21). The summed E-state index contributed by atoms with van der Waals surface area (Å²) in [5.74, 6) is 0. The quantitative estimate of drug-likeness (QED) is 0.653. The average molecular weight is 281 g/mol. The van der Waals surface area contributed by atoms with Crippen LogP contribution in [0.3, 0.4) is 0 Å². The van der Waals surface area contributed by atoms with E-state index in [1.165, 1.54) is 5.56 Å². The van der Waals surface area contributed by atoms with Crippen molar-refractivity contribution < 1.29 is 4.79 Å². The lowest BCUT2D eigenvalue weighted by molar-refractivity contribution is 0.252. The van der Waals surface area contributed by atoms with Crippen LogP contribution in [-0.2, 0) is 0 Å². The third-order valence-corrected chi connectivity index (χ3v) is 3.18. The number of hydrogen-bond acceptors (Lipinski definition) is 2. The molecule has 0 spiro atoms. The van der Waals surface area contributed by atoms with Crippen LogP contribution in [0.4, 0.5) is 10.5 Å². The van der Waals surface area contributed by atoms with E-state index in [0.29, 0.717) is 0 Å². The fraction of sp³-hybridized carbons (Fsp3) is 0.176. The number of hydrazone groups is 1. The second-order valence-electron chi connectivity index (χ2n) is 5.00. The third kappa shape index (κ3) is 4.18. The number of anilines is 1. The van der Waals surface area contributed by atoms with Crippen molar-refractivity contribution in [3.63, 3.8) is 0 Å². The number of aryl methyl sites for hydroxylation is 3. The largest absolute Gasteiger partial charge is 0.339 e. The first kappa shape index (κ1) is 14.8. The number of para-hydroxylation sites is 1. The van der Waals surface area contributed by atoms with Crippen LogP contribution < -0.4 is 10.7 Å². The summed E-state index contributed by atoms with van der Waals surface area (Å²) in [6.45, 7) is 5.94. The number of rotatable bonds is 3. The van der Waals surface area contributed by atoms with Crippen LogP contribution in [0.2, 0.25) is 0 Å². The molecule has 2 amide bonds. The third-order valence-electron chi connectivity index (χ3n) is 3.18. The van der Waals surface area contributed by atoms with Gasteiger partial charge in [-0.1, -0.05) is 48.0 Å². The molecule has 108 valence electrons. The summed E-state index contributed by atoms with van der Waals surface area (Å²) < 4.78 is 0. The van der Waals surface area contributed by atoms with Crippen LogP contribution in [0.15, 0.2) is 47.6 Å². The monoisotopic (exact) mass is 281 g/mol. The van der Waals surface area contributed by atoms with E-state index in [4.69, 9.17) is 0 Å². The predicted octanol–water partition coefficient (Wildman–Crippen LogP) is 3.77. The van der Waals surface area contributed by atoms with Gasteiger partial charge in [-0.25, -0.2) is 10.2 Å². The maximum Gasteiger partial charge on any atom is 0.339 e. The molecule has 4 heteroatoms. The molecule has 0 aromatic heterocycles. The molecule has 0 fully saturated rings. The van der Waals surface area contributed by atoms with E-state index in [2.05, 4.69) is 15.8 Å². The topological polar surface area (TPSA) is 53.5 Å². The highest BCUT2D eigenvalue weighted by Crippen LogP contribution is 2.18. The molecule has 0 aliphatic rings. The number of nitrogens with zero attached hydrogens (tertiary/aromatic N) is 1. The molecule has 0 bridgehead atoms. The summed E-state index contributed by atoms with van der Waals surface area (Å²) in [6, 6.07) is 13.4. The molecule has 0 radical (unpaired) electrons. The van der Waals surface area contributed by atoms with Gasteiger partial charge in [0.15, 0.2) is 0 Å². The Hall–Kier alpha value is -2.62. The Morgan fingerprint density at radius 1 is 1.00 bits per heavy atom. The van der Waals surface area contributed by atoms with Crippen molar-refractivity contribution in [2.45, 2.75) is 20.8 Å². The first-order valence-electron chi connectivity index (χ1n) is 6.79. The Kier molecular flexibility index (Phi) is 4.72. The number of benzene rings is 2. The summed E-state index contributed by atoms with van der Waals surface area (Å²) in [5.41, 5.74) is 7.46. The molecule has 0 aliphatic carbocycles. The highest BCUT2D eigenvalue weighted by atomic mass is 16.2. The average Bonchev–Trinajstić information content (AvgIpc) is 2.45. The van der Waals surface area contributed by atoms with Gasteiger partial charge in [0, 0.05) is 5.69 Å². The van der Waals surface area contributed by atoms with Crippen LogP contribution in [0, 0.1) is 20.8 Å². The lowest BCUT2D eigenvalue weighted by Crippen LogP contribution is -2.25. The van der Waals surface area contributed by atoms with Crippen molar-refractivity contribution in [1.82, 2.24) is 5.43 Å². The highest BCUT2D eigenvalue weighted by Gasteiger charge is 2.05. The smallest absolute Gasteiger partial charge is 0.306 e. The molecule has 0 aliphatic heterocycles. The van der Waals surface area contributed by atoms with Crippen molar-refractivity contribution in [3.8, 4) is 0 Å². The van der Waals surface area contributed by atoms with Gasteiger partial charge in [0.05, 0.1) is 6.21 Å². The molecule has 2 rings (SSSR count). The minimum absolute atomic E-state index is 0.351. The van der Waals surface area contributed by atoms with Gasteiger partial charge >= 0.3 is 6.03 Å². The van der Waals surface area contributed by atoms with Crippen molar-refractivity contribution in [1.29, 1.82) is 0 Å². The second kappa shape index (κ2) is 6.70. The minimum Gasteiger partial charge on any atom is -0.306 e. The summed E-state index contributed by atoms with van der Waals surface area (Å²) in [4.78, 5) is 11.8. The molecule has 2 N–H and O–H groups in total. The molecule has 0 saturated carbocycles. The van der Waals surface area contributed by atoms with E-state index in [1.807, 2.05) is 63.2 Å². The maximum absolute atomic E-state index is 11.8. The number of amides is 2. The zero-order valence-electron chi connectivity index (χ0n) is 12.5. The van der Waals surface area contributed by atoms with Crippen molar-refractivity contribution in [3.05, 3.63) is 64.7 Å². The molecular weight excluding hydrogens is 262 g/mol. The molecule has 4 nitrogen and oxygen atoms in total. The Labute approximate surface area is 124 Å². The molecule has 0 unspecified atom stereocenters. The van der Waals surface area contributed by atoms with Crippen LogP contribution in [0.25, 0.3) is 0 Å². The van der Waals surface area contributed by atoms with Gasteiger partial charge in [0.25, 0.3) is 0 Å². The Morgan fingerprint density at radius 3 is 2.24 bits per heavy atom. The van der Waals surface area contributed by atoms with E-state index < -0.39 is 0 Å². The van der Waals surface area contributed by atoms with Gasteiger partial charge in [-0.3, -0.25) is 0 Å². The van der Waals surface area contributed by atoms with Crippen LogP contribution >= 0.6 is 0 Å². The zero-order valence-corrected chi connectivity index (χ0v) is 12.5. The van der Waals surface area contributed by atoms with Crippen molar-refractivity contribution in [2.75, 3.05) is 5.32 Å². The number of nitrogens with one attached hydrogen (secondary N) is 2. The lowest BCUT2D eigenvalue weighted by atomic mass is 10.1. The van der Waals surface area contributed by atoms with Crippen molar-refractivity contribution in [2.24, 2.45) is 5.10 Å². The van der Waals surface area contributed by atoms with E-state index in [-0.39, 0.29) is 6.03 Å². The predicted molar refractivity (Wildman–Crippen MR) is 86.8 cm³/mol. The molecule has 0 heterocycles. The van der Waals surface area contributed by atoms with E-state index in [0.717, 1.165) is 22.4 Å². The minimum atomic E-state index is -0.351. The molecular formula is C17H19N3O. The van der Waals surface area contributed by atoms with Crippen LogP contribution in [-0.4, -0.2) is 12.2 Å². The highest BCUT2D eigenvalue weighted by molar-refractivity contribution is 5.91. The zero-order chi connectivity index (χ0) is 15.2. The second-order valence-corrected chi connectivity index (χ2v) is 5.00. The Balaban J connectivity index is 1.95. The summed E-state index contributed by atoms with van der Waals surface area (Å²) >= 11 is 0. The van der Waals surface area contributed by atoms with Crippen molar-refractivity contribution >= 4 is 17.9 Å². The van der Waals surface area contributed by atoms with Gasteiger partial charge in [0.2, 0.25) is 0 Å². The number of carbonyl (C=O) groups excluding carboxylic acids is 1. The van der Waals surface area contributed by atoms with Gasteiger partial charge in [0.1, 0.15) is 0 Å². The van der Waals surface area contributed by atoms with E-state index in [9.17, 15) is 4.79 Å². The van der Waals surface area contributed by atoms with Crippen LogP contribution in [0.5, 0.6) is 0 Å². The van der Waals surface area contributed by atoms with Crippen LogP contribution in [0.1, 0.15) is 22.3 Å². The van der Waals surface area contributed by atoms with E-state index in [1.54, 1.807) is 6.21 Å². The molecule has 2 aromatic carbocycles. The first-order chi connectivity index (χ1) is 10.1. The van der Waals surface area contributed by atoms with Gasteiger partial charge < -0.3 is 5.32 Å². The molecule has 2 aromatic rings. The van der Waals surface area contributed by atoms with Gasteiger partial charge in [-0.15, -0.1) is 0 Å². The normalized spacial score (nSPS) is 10.6. The van der Waals surface area contributed by atoms with E-state index >= 15 is 0 Å². The fourth-order valence-electron chi connectivity index (χ4n) is 1.97. The Bertz CT molecular complexity index is 640. The number of urea groups is 1. The fourth-order valence-corrected chi connectivity index (χ4v) is 1.97. The molecule has 21 heavy (non-hydrogen) atoms. The maximum atomic E-state index is 11.8. The van der Waals surface area contributed by atoms with Gasteiger partial charge in [-0.2, -0.15) is 5.10 Å². The summed E-state index contributed by atoms with van der Waals surface area (Å²) in [5, 5.41) is 6.75. The molecule has 0 atom stereocenters. The summed E-state index contributed by atoms with van der Waals surface area (Å²) in [6.07, 6.45) is 1.61. The Morgan fingerprint density at radius 2 is 1.62 bits per heavy atom. The number of carbonyl (C=O) groups is 1. The number of hydrogen-bond donors (Lipinski definition) is 2. The first-order valence-corrected chi connectivity index (χ1v) is 6.79. The SMILES string of the molecule is Cc1ccc(C=NNC(=O)Nc2c(C)cccc2C)cc1. The summed E-state index contributed by atoms with van der Waals surface area (Å²) in [7, 11) is 0. The lowest BCUT2D eigenvalue weighted by Gasteiger charge is -2.10. The van der Waals surface area contributed by atoms with Gasteiger partial charge in [-0.05, 0) is 37.5 Å². The molecule has 0 saturated heterocycles.